The van der Waals surface area contributed by atoms with Gasteiger partial charge >= 0.3 is 5.97 Å². The van der Waals surface area contributed by atoms with Crippen LogP contribution in [0.5, 0.6) is 5.75 Å². The Kier molecular flexibility index (Phi) is 7.19. The molecule has 28 heavy (non-hydrogen) atoms. The van der Waals surface area contributed by atoms with Gasteiger partial charge in [-0.05, 0) is 55.5 Å². The Morgan fingerprint density at radius 3 is 2.07 bits per heavy atom. The molecule has 0 aliphatic heterocycles. The Bertz CT molecular complexity index is 920. The van der Waals surface area contributed by atoms with Gasteiger partial charge in [0.15, 0.2) is 0 Å². The van der Waals surface area contributed by atoms with Gasteiger partial charge in [-0.2, -0.15) is 8.42 Å². The summed E-state index contributed by atoms with van der Waals surface area (Å²) in [4.78, 5) is 13.0. The third-order valence-corrected chi connectivity index (χ3v) is 4.75. The number of hydrogen-bond acceptors (Lipinski definition) is 6. The summed E-state index contributed by atoms with van der Waals surface area (Å²) in [6.45, 7) is 5.79. The predicted octanol–water partition coefficient (Wildman–Crippen LogP) is 3.59. The number of esters is 1. The zero-order chi connectivity index (χ0) is 20.7. The molecule has 8 heteroatoms. The van der Waals surface area contributed by atoms with Crippen molar-refractivity contribution in [2.45, 2.75) is 18.2 Å². The van der Waals surface area contributed by atoms with Crippen LogP contribution in [0.2, 0.25) is 0 Å². The molecule has 0 fully saturated rings. The number of rotatable bonds is 9. The van der Waals surface area contributed by atoms with Gasteiger partial charge in [0, 0.05) is 30.4 Å². The van der Waals surface area contributed by atoms with E-state index in [1.807, 2.05) is 36.2 Å². The second-order valence-corrected chi connectivity index (χ2v) is 7.56. The molecule has 1 N–H and O–H groups in total. The van der Waals surface area contributed by atoms with Crippen LogP contribution >= 0.6 is 0 Å². The van der Waals surface area contributed by atoms with Crippen LogP contribution in [-0.2, 0) is 19.6 Å². The number of benzene rings is 2. The molecule has 150 valence electrons. The molecular formula is C20H23NO6S. The molecule has 2 aromatic rings. The monoisotopic (exact) mass is 405 g/mol. The first-order valence-corrected chi connectivity index (χ1v) is 9.99. The van der Waals surface area contributed by atoms with E-state index >= 15 is 0 Å². The third kappa shape index (κ3) is 6.11. The molecule has 2 rings (SSSR count). The lowest BCUT2D eigenvalue weighted by molar-refractivity contribution is -0.139. The second kappa shape index (κ2) is 9.38. The molecule has 0 unspecified atom stereocenters. The van der Waals surface area contributed by atoms with Crippen molar-refractivity contribution < 1.29 is 27.2 Å². The summed E-state index contributed by atoms with van der Waals surface area (Å²) in [5.41, 5.74) is 2.01. The molecule has 0 aromatic heterocycles. The molecule has 0 aliphatic rings. The van der Waals surface area contributed by atoms with Gasteiger partial charge in [-0.1, -0.05) is 6.58 Å². The molecule has 0 radical (unpaired) electrons. The molecule has 0 saturated carbocycles. The largest absolute Gasteiger partial charge is 0.493 e. The predicted molar refractivity (Wildman–Crippen MR) is 107 cm³/mol. The van der Waals surface area contributed by atoms with Crippen LogP contribution in [-0.4, -0.2) is 39.2 Å². The van der Waals surface area contributed by atoms with Crippen molar-refractivity contribution >= 4 is 27.5 Å². The number of anilines is 2. The lowest BCUT2D eigenvalue weighted by Gasteiger charge is -2.20. The van der Waals surface area contributed by atoms with Gasteiger partial charge in [0.2, 0.25) is 0 Å². The molecular weight excluding hydrogens is 382 g/mol. The second-order valence-electron chi connectivity index (χ2n) is 6.14. The molecule has 2 aromatic carbocycles. The van der Waals surface area contributed by atoms with Crippen LogP contribution in [0.3, 0.4) is 0 Å². The van der Waals surface area contributed by atoms with Gasteiger partial charge < -0.3 is 14.4 Å². The lowest BCUT2D eigenvalue weighted by Crippen LogP contribution is -2.10. The SMILES string of the molecule is C=C(C)C(=O)OCCCOc1ccc(N(C)c2ccc(S(=O)(=O)O)cc2)cc1. The smallest absolute Gasteiger partial charge is 0.333 e. The highest BCUT2D eigenvalue weighted by Gasteiger charge is 2.10. The lowest BCUT2D eigenvalue weighted by atomic mass is 10.2. The van der Waals surface area contributed by atoms with Crippen molar-refractivity contribution in [3.05, 3.63) is 60.7 Å². The van der Waals surface area contributed by atoms with E-state index in [4.69, 9.17) is 14.0 Å². The quantitative estimate of drug-likeness (QED) is 0.295. The standard InChI is InChI=1S/C20H23NO6S/c1-15(2)20(22)27-14-4-13-26-18-9-5-16(6-10-18)21(3)17-7-11-19(12-8-17)28(23,24)25/h5-12H,1,4,13-14H2,2-3H3,(H,23,24,25). The topological polar surface area (TPSA) is 93.1 Å². The highest BCUT2D eigenvalue weighted by Crippen LogP contribution is 2.26. The van der Waals surface area contributed by atoms with Crippen molar-refractivity contribution in [2.75, 3.05) is 25.2 Å². The highest BCUT2D eigenvalue weighted by molar-refractivity contribution is 7.85. The average Bonchev–Trinajstić information content (AvgIpc) is 2.67. The summed E-state index contributed by atoms with van der Waals surface area (Å²) in [6, 6.07) is 13.3. The summed E-state index contributed by atoms with van der Waals surface area (Å²) in [6.07, 6.45) is 0.570. The Hall–Kier alpha value is -2.84. The summed E-state index contributed by atoms with van der Waals surface area (Å²) < 4.78 is 41.9. The van der Waals surface area contributed by atoms with Crippen molar-refractivity contribution in [2.24, 2.45) is 0 Å². The Morgan fingerprint density at radius 2 is 1.57 bits per heavy atom. The van der Waals surface area contributed by atoms with Gasteiger partial charge in [0.1, 0.15) is 5.75 Å². The molecule has 0 aliphatic carbocycles. The number of ether oxygens (including phenoxy) is 2. The minimum Gasteiger partial charge on any atom is -0.493 e. The van der Waals surface area contributed by atoms with Crippen molar-refractivity contribution in [3.63, 3.8) is 0 Å². The van der Waals surface area contributed by atoms with E-state index in [0.717, 1.165) is 11.4 Å². The van der Waals surface area contributed by atoms with Crippen LogP contribution in [0.25, 0.3) is 0 Å². The maximum atomic E-state index is 11.3. The van der Waals surface area contributed by atoms with Crippen LogP contribution in [0.4, 0.5) is 11.4 Å². The molecule has 0 saturated heterocycles. The van der Waals surface area contributed by atoms with E-state index in [1.165, 1.54) is 12.1 Å². The van der Waals surface area contributed by atoms with E-state index < -0.39 is 16.1 Å². The van der Waals surface area contributed by atoms with Gasteiger partial charge in [0.25, 0.3) is 10.1 Å². The molecule has 0 heterocycles. The van der Waals surface area contributed by atoms with E-state index in [-0.39, 0.29) is 11.5 Å². The zero-order valence-corrected chi connectivity index (χ0v) is 16.6. The van der Waals surface area contributed by atoms with Gasteiger partial charge in [0.05, 0.1) is 18.1 Å². The highest BCUT2D eigenvalue weighted by atomic mass is 32.2. The van der Waals surface area contributed by atoms with Crippen LogP contribution in [0.1, 0.15) is 13.3 Å². The van der Waals surface area contributed by atoms with Crippen LogP contribution in [0, 0.1) is 0 Å². The van der Waals surface area contributed by atoms with Crippen molar-refractivity contribution in [3.8, 4) is 5.75 Å². The third-order valence-electron chi connectivity index (χ3n) is 3.88. The fraction of sp³-hybridized carbons (Fsp3) is 0.250. The Balaban J connectivity index is 1.87. The number of hydrogen-bond donors (Lipinski definition) is 1. The summed E-state index contributed by atoms with van der Waals surface area (Å²) in [5.74, 6) is 0.280. The maximum absolute atomic E-state index is 11.3. The first-order chi connectivity index (χ1) is 13.2. The molecule has 0 bridgehead atoms. The van der Waals surface area contributed by atoms with Gasteiger partial charge in [-0.25, -0.2) is 4.79 Å². The first-order valence-electron chi connectivity index (χ1n) is 8.55. The average molecular weight is 405 g/mol. The Labute approximate surface area is 164 Å². The molecule has 0 atom stereocenters. The molecule has 0 spiro atoms. The van der Waals surface area contributed by atoms with E-state index in [9.17, 15) is 13.2 Å². The van der Waals surface area contributed by atoms with E-state index in [2.05, 4.69) is 6.58 Å². The minimum absolute atomic E-state index is 0.151. The number of nitrogens with zero attached hydrogens (tertiary/aromatic N) is 1. The zero-order valence-electron chi connectivity index (χ0n) is 15.8. The first kappa shape index (κ1) is 21.5. The van der Waals surface area contributed by atoms with Gasteiger partial charge in [-0.15, -0.1) is 0 Å². The Morgan fingerprint density at radius 1 is 1.04 bits per heavy atom. The number of carbonyl (C=O) groups is 1. The summed E-state index contributed by atoms with van der Waals surface area (Å²) in [7, 11) is -2.36. The summed E-state index contributed by atoms with van der Waals surface area (Å²) >= 11 is 0. The molecule has 0 amide bonds. The normalized spacial score (nSPS) is 11.0. The summed E-state index contributed by atoms with van der Waals surface area (Å²) in [5, 5.41) is 0. The van der Waals surface area contributed by atoms with Crippen molar-refractivity contribution in [1.82, 2.24) is 0 Å². The minimum atomic E-state index is -4.20. The maximum Gasteiger partial charge on any atom is 0.333 e. The van der Waals surface area contributed by atoms with Crippen molar-refractivity contribution in [1.29, 1.82) is 0 Å². The fourth-order valence-corrected chi connectivity index (χ4v) is 2.77. The van der Waals surface area contributed by atoms with E-state index in [0.29, 0.717) is 24.4 Å². The van der Waals surface area contributed by atoms with E-state index in [1.54, 1.807) is 19.1 Å². The van der Waals surface area contributed by atoms with Crippen LogP contribution in [0.15, 0.2) is 65.6 Å². The molecule has 7 nitrogen and oxygen atoms in total. The van der Waals surface area contributed by atoms with Gasteiger partial charge in [-0.3, -0.25) is 4.55 Å². The fourth-order valence-electron chi connectivity index (χ4n) is 2.29. The number of carbonyl (C=O) groups excluding carboxylic acids is 1. The van der Waals surface area contributed by atoms with Crippen LogP contribution < -0.4 is 9.64 Å².